The predicted molar refractivity (Wildman–Crippen MR) is 147 cm³/mol. The van der Waals surface area contributed by atoms with Gasteiger partial charge in [0.1, 0.15) is 6.17 Å². The topological polar surface area (TPSA) is 30.9 Å². The molecule has 2 aliphatic heterocycles. The van der Waals surface area contributed by atoms with E-state index in [1.807, 2.05) is 12.3 Å². The summed E-state index contributed by atoms with van der Waals surface area (Å²) in [6, 6.07) is 23.6. The van der Waals surface area contributed by atoms with Crippen LogP contribution in [-0.2, 0) is 7.05 Å². The van der Waals surface area contributed by atoms with E-state index >= 15 is 0 Å². The van der Waals surface area contributed by atoms with Gasteiger partial charge in [-0.05, 0) is 55.0 Å². The number of nitrogens with zero attached hydrogens (tertiary/aromatic N) is 5. The van der Waals surface area contributed by atoms with Gasteiger partial charge in [-0.25, -0.2) is 0 Å². The number of aryl methyl sites for hydroxylation is 2. The third-order valence-electron chi connectivity index (χ3n) is 7.41. The van der Waals surface area contributed by atoms with Crippen LogP contribution in [0.1, 0.15) is 18.2 Å². The minimum Gasteiger partial charge on any atom is -0.325 e. The lowest BCUT2D eigenvalue weighted by molar-refractivity contribution is 0.247. The molecule has 5 heterocycles. The van der Waals surface area contributed by atoms with Crippen molar-refractivity contribution in [1.29, 1.82) is 0 Å². The summed E-state index contributed by atoms with van der Waals surface area (Å²) in [5, 5.41) is 2.36. The second-order valence-corrected chi connectivity index (χ2v) is 9.45. The molecule has 7 rings (SSSR count). The van der Waals surface area contributed by atoms with Crippen molar-refractivity contribution in [3.63, 3.8) is 0 Å². The molecule has 5 aromatic rings. The molecule has 176 valence electrons. The summed E-state index contributed by atoms with van der Waals surface area (Å²) in [5.74, 6) is 0. The first-order valence-corrected chi connectivity index (χ1v) is 12.4. The van der Waals surface area contributed by atoms with Crippen LogP contribution in [0, 0.1) is 6.92 Å². The number of pyridine rings is 1. The lowest BCUT2D eigenvalue weighted by Crippen LogP contribution is -2.28. The number of fused-ring (bicyclic) bond motifs is 5. The fourth-order valence-corrected chi connectivity index (χ4v) is 5.85. The highest BCUT2D eigenvalue weighted by Gasteiger charge is 2.27. The largest absolute Gasteiger partial charge is 0.325 e. The molecule has 5 nitrogen and oxygen atoms in total. The van der Waals surface area contributed by atoms with Gasteiger partial charge in [0.25, 0.3) is 0 Å². The molecule has 0 saturated carbocycles. The number of hydrogen-bond donors (Lipinski definition) is 0. The van der Waals surface area contributed by atoms with Crippen LogP contribution in [0.25, 0.3) is 38.5 Å². The molecule has 0 N–H and O–H groups in total. The second kappa shape index (κ2) is 8.02. The van der Waals surface area contributed by atoms with E-state index in [1.165, 1.54) is 27.7 Å². The maximum Gasteiger partial charge on any atom is 0.129 e. The first kappa shape index (κ1) is 20.8. The molecule has 0 saturated heterocycles. The fourth-order valence-electron chi connectivity index (χ4n) is 5.85. The Bertz CT molecular complexity index is 1790. The Morgan fingerprint density at radius 1 is 0.861 bits per heavy atom. The van der Waals surface area contributed by atoms with Gasteiger partial charge in [0.15, 0.2) is 0 Å². The van der Waals surface area contributed by atoms with E-state index in [-0.39, 0.29) is 6.17 Å². The van der Waals surface area contributed by atoms with Crippen LogP contribution >= 0.6 is 0 Å². The average Bonchev–Trinajstić information content (AvgIpc) is 3.48. The van der Waals surface area contributed by atoms with Gasteiger partial charge in [0.05, 0.1) is 22.1 Å². The number of hydrogen-bond acceptors (Lipinski definition) is 2. The lowest BCUT2D eigenvalue weighted by atomic mass is 10.1. The van der Waals surface area contributed by atoms with Crippen LogP contribution in [0.15, 0.2) is 115 Å². The van der Waals surface area contributed by atoms with Crippen molar-refractivity contribution in [2.45, 2.75) is 19.5 Å². The van der Waals surface area contributed by atoms with E-state index in [9.17, 15) is 0 Å². The Labute approximate surface area is 209 Å². The Morgan fingerprint density at radius 2 is 1.67 bits per heavy atom. The number of allylic oxidation sites excluding steroid dienone is 3. The van der Waals surface area contributed by atoms with Crippen LogP contribution < -0.4 is 0 Å². The van der Waals surface area contributed by atoms with E-state index in [2.05, 4.69) is 130 Å². The first-order chi connectivity index (χ1) is 17.7. The summed E-state index contributed by atoms with van der Waals surface area (Å²) in [5.41, 5.74) is 8.11. The van der Waals surface area contributed by atoms with E-state index in [1.54, 1.807) is 0 Å². The van der Waals surface area contributed by atoms with E-state index in [0.717, 1.165) is 28.5 Å². The SMILES string of the molecule is Cc1c2ccccc2n(C2CC=C3C=CC=CN32)n(C)cc2c3ncccc3n(-c3ccccc3)c12. The van der Waals surface area contributed by atoms with Crippen molar-refractivity contribution >= 4 is 32.8 Å². The third-order valence-corrected chi connectivity index (χ3v) is 7.41. The van der Waals surface area contributed by atoms with Crippen molar-refractivity contribution in [1.82, 2.24) is 23.8 Å². The van der Waals surface area contributed by atoms with E-state index < -0.39 is 0 Å². The van der Waals surface area contributed by atoms with Gasteiger partial charge >= 0.3 is 0 Å². The molecule has 0 radical (unpaired) electrons. The summed E-state index contributed by atoms with van der Waals surface area (Å²) in [4.78, 5) is 7.24. The number of benzene rings is 2. The zero-order valence-corrected chi connectivity index (χ0v) is 20.4. The molecule has 1 atom stereocenters. The zero-order chi connectivity index (χ0) is 24.2. The molecule has 3 aromatic heterocycles. The summed E-state index contributed by atoms with van der Waals surface area (Å²) in [7, 11) is 2.15. The summed E-state index contributed by atoms with van der Waals surface area (Å²) >= 11 is 0. The predicted octanol–water partition coefficient (Wildman–Crippen LogP) is 7.08. The zero-order valence-electron chi connectivity index (χ0n) is 20.4. The number of aromatic nitrogens is 4. The van der Waals surface area contributed by atoms with Crippen molar-refractivity contribution in [2.24, 2.45) is 7.05 Å². The Morgan fingerprint density at radius 3 is 2.56 bits per heavy atom. The normalized spacial score (nSPS) is 16.7. The Balaban J connectivity index is 1.65. The van der Waals surface area contributed by atoms with Gasteiger partial charge < -0.3 is 9.47 Å². The van der Waals surface area contributed by atoms with Crippen molar-refractivity contribution in [2.75, 3.05) is 0 Å². The van der Waals surface area contributed by atoms with Crippen LogP contribution in [0.4, 0.5) is 0 Å². The van der Waals surface area contributed by atoms with Gasteiger partial charge in [-0.15, -0.1) is 0 Å². The van der Waals surface area contributed by atoms with Crippen molar-refractivity contribution < 1.29 is 0 Å². The summed E-state index contributed by atoms with van der Waals surface area (Å²) in [6.45, 7) is 2.25. The molecule has 0 bridgehead atoms. The number of para-hydroxylation sites is 2. The summed E-state index contributed by atoms with van der Waals surface area (Å²) in [6.07, 6.45) is 16.1. The average molecular weight is 470 g/mol. The van der Waals surface area contributed by atoms with E-state index in [4.69, 9.17) is 4.98 Å². The standard InChI is InChI=1S/C31H27N5/c1-22-25-14-6-7-15-27(25)36(29-18-17-23-11-8-9-20-34(23)29)33(2)21-26-30-28(16-10-19-32-30)35(31(22)26)24-12-4-3-5-13-24/h3-17,19-21,29H,18H2,1-2H3. The smallest absolute Gasteiger partial charge is 0.129 e. The maximum atomic E-state index is 4.87. The quantitative estimate of drug-likeness (QED) is 0.277. The van der Waals surface area contributed by atoms with Crippen LogP contribution in [0.3, 0.4) is 0 Å². The maximum absolute atomic E-state index is 4.87. The Hall–Kier alpha value is -4.51. The van der Waals surface area contributed by atoms with Gasteiger partial charge in [-0.2, -0.15) is 0 Å². The van der Waals surface area contributed by atoms with Crippen molar-refractivity contribution in [3.05, 3.63) is 121 Å². The fraction of sp³-hybridized carbons (Fsp3) is 0.129. The minimum absolute atomic E-state index is 0.147. The van der Waals surface area contributed by atoms with Crippen LogP contribution in [0.2, 0.25) is 0 Å². The molecule has 0 spiro atoms. The molecule has 0 aliphatic carbocycles. The molecular weight excluding hydrogens is 442 g/mol. The molecule has 0 fully saturated rings. The molecule has 2 aromatic carbocycles. The van der Waals surface area contributed by atoms with Gasteiger partial charge in [-0.3, -0.25) is 14.3 Å². The van der Waals surface area contributed by atoms with Crippen LogP contribution in [0.5, 0.6) is 0 Å². The van der Waals surface area contributed by atoms with Crippen LogP contribution in [-0.4, -0.2) is 23.8 Å². The monoisotopic (exact) mass is 469 g/mol. The first-order valence-electron chi connectivity index (χ1n) is 12.4. The number of rotatable bonds is 2. The second-order valence-electron chi connectivity index (χ2n) is 9.45. The minimum atomic E-state index is 0.147. The summed E-state index contributed by atoms with van der Waals surface area (Å²) < 4.78 is 7.03. The van der Waals surface area contributed by atoms with E-state index in [0.29, 0.717) is 0 Å². The molecule has 5 heteroatoms. The molecular formula is C31H27N5. The molecule has 1 unspecified atom stereocenters. The van der Waals surface area contributed by atoms with Gasteiger partial charge in [0, 0.05) is 54.2 Å². The highest BCUT2D eigenvalue weighted by atomic mass is 15.5. The highest BCUT2D eigenvalue weighted by molar-refractivity contribution is 6.09. The Kier molecular flexibility index (Phi) is 4.64. The van der Waals surface area contributed by atoms with Gasteiger partial charge in [0.2, 0.25) is 0 Å². The third kappa shape index (κ3) is 2.99. The lowest BCUT2D eigenvalue weighted by Gasteiger charge is -2.31. The van der Waals surface area contributed by atoms with Gasteiger partial charge in [-0.1, -0.05) is 48.6 Å². The molecule has 0 amide bonds. The molecule has 36 heavy (non-hydrogen) atoms. The molecule has 2 aliphatic rings. The van der Waals surface area contributed by atoms with Crippen molar-refractivity contribution in [3.8, 4) is 5.69 Å². The highest BCUT2D eigenvalue weighted by Crippen LogP contribution is 2.37.